The minimum atomic E-state index is -2.98. The predicted molar refractivity (Wildman–Crippen MR) is 78.9 cm³/mol. The van der Waals surface area contributed by atoms with E-state index >= 15 is 0 Å². The van der Waals surface area contributed by atoms with E-state index in [0.717, 1.165) is 6.42 Å². The Hall–Kier alpha value is -1.09. The molecule has 1 aromatic heterocycles. The first-order chi connectivity index (χ1) is 9.91. The lowest BCUT2D eigenvalue weighted by atomic mass is 10.1. The van der Waals surface area contributed by atoms with Gasteiger partial charge in [-0.15, -0.1) is 10.2 Å². The first-order valence-corrected chi connectivity index (χ1v) is 9.59. The van der Waals surface area contributed by atoms with Crippen LogP contribution in [-0.4, -0.2) is 47.8 Å². The van der Waals surface area contributed by atoms with E-state index in [1.807, 2.05) is 6.92 Å². The summed E-state index contributed by atoms with van der Waals surface area (Å²) < 4.78 is 28.4. The topological polar surface area (TPSA) is 102 Å². The van der Waals surface area contributed by atoms with Gasteiger partial charge in [0.15, 0.2) is 9.84 Å². The summed E-state index contributed by atoms with van der Waals surface area (Å²) in [4.78, 5) is 11.8. The van der Waals surface area contributed by atoms with Crippen molar-refractivity contribution in [1.82, 2.24) is 15.5 Å². The molecule has 0 aliphatic carbocycles. The highest BCUT2D eigenvalue weighted by molar-refractivity contribution is 8.00. The molecule has 2 atom stereocenters. The molecule has 0 saturated carbocycles. The van der Waals surface area contributed by atoms with E-state index in [9.17, 15) is 13.2 Å². The number of hydrogen-bond acceptors (Lipinski definition) is 7. The van der Waals surface area contributed by atoms with E-state index in [0.29, 0.717) is 24.1 Å². The number of sulfone groups is 1. The number of thioether (sulfide) groups is 1. The zero-order valence-corrected chi connectivity index (χ0v) is 13.7. The van der Waals surface area contributed by atoms with Gasteiger partial charge in [0.25, 0.3) is 5.22 Å². The molecule has 0 unspecified atom stereocenters. The summed E-state index contributed by atoms with van der Waals surface area (Å²) in [5, 5.41) is 10.5. The molecule has 0 radical (unpaired) electrons. The largest absolute Gasteiger partial charge is 0.416 e. The van der Waals surface area contributed by atoms with Gasteiger partial charge in [-0.2, -0.15) is 0 Å². The minimum Gasteiger partial charge on any atom is -0.416 e. The van der Waals surface area contributed by atoms with Gasteiger partial charge in [0.05, 0.1) is 22.7 Å². The molecular weight excluding hydrogens is 314 g/mol. The molecule has 0 spiro atoms. The fourth-order valence-corrected chi connectivity index (χ4v) is 4.47. The molecule has 118 valence electrons. The Balaban J connectivity index is 1.93. The van der Waals surface area contributed by atoms with E-state index in [2.05, 4.69) is 15.5 Å². The van der Waals surface area contributed by atoms with Crippen LogP contribution in [0.3, 0.4) is 0 Å². The summed E-state index contributed by atoms with van der Waals surface area (Å²) in [6, 6.07) is 0. The molecule has 2 heterocycles. The maximum Gasteiger partial charge on any atom is 0.277 e. The number of nitrogens with zero attached hydrogens (tertiary/aromatic N) is 2. The van der Waals surface area contributed by atoms with Crippen molar-refractivity contribution >= 4 is 27.5 Å². The quantitative estimate of drug-likeness (QED) is 0.774. The number of nitrogens with one attached hydrogen (secondary N) is 1. The summed E-state index contributed by atoms with van der Waals surface area (Å²) in [6.07, 6.45) is 1.39. The third kappa shape index (κ3) is 4.44. The van der Waals surface area contributed by atoms with E-state index in [1.54, 1.807) is 6.92 Å². The molecule has 9 heteroatoms. The van der Waals surface area contributed by atoms with Gasteiger partial charge in [0.1, 0.15) is 0 Å². The van der Waals surface area contributed by atoms with Crippen LogP contribution >= 0.6 is 11.8 Å². The van der Waals surface area contributed by atoms with Crippen LogP contribution in [0.15, 0.2) is 9.64 Å². The highest BCUT2D eigenvalue weighted by Crippen LogP contribution is 2.30. The maximum absolute atomic E-state index is 11.8. The third-order valence-electron chi connectivity index (χ3n) is 3.20. The lowest BCUT2D eigenvalue weighted by Gasteiger charge is -2.08. The van der Waals surface area contributed by atoms with Crippen LogP contribution < -0.4 is 5.32 Å². The number of aromatic nitrogens is 2. The van der Waals surface area contributed by atoms with Gasteiger partial charge in [-0.05, 0) is 19.8 Å². The standard InChI is InChI=1S/C12H19N3O4S2/c1-3-5-13-10(16)8(2)20-12-15-14-11(19-12)9-4-6-21(17,18)7-9/h8-9H,3-7H2,1-2H3,(H,13,16)/t8-,9-/m1/s1. The summed E-state index contributed by atoms with van der Waals surface area (Å²) in [7, 11) is -2.98. The van der Waals surface area contributed by atoms with Crippen molar-refractivity contribution < 1.29 is 17.6 Å². The second-order valence-corrected chi connectivity index (χ2v) is 8.58. The second-order valence-electron chi connectivity index (χ2n) is 5.06. The van der Waals surface area contributed by atoms with Gasteiger partial charge in [-0.3, -0.25) is 4.79 Å². The molecule has 0 aromatic carbocycles. The summed E-state index contributed by atoms with van der Waals surface area (Å²) >= 11 is 1.18. The van der Waals surface area contributed by atoms with Gasteiger partial charge in [0, 0.05) is 6.54 Å². The van der Waals surface area contributed by atoms with Crippen LogP contribution in [0, 0.1) is 0 Å². The Bertz CT molecular complexity index is 599. The molecule has 2 rings (SSSR count). The second kappa shape index (κ2) is 6.78. The number of carbonyl (C=O) groups is 1. The van der Waals surface area contributed by atoms with Gasteiger partial charge in [-0.1, -0.05) is 18.7 Å². The van der Waals surface area contributed by atoms with Crippen LogP contribution in [-0.2, 0) is 14.6 Å². The van der Waals surface area contributed by atoms with Crippen LogP contribution in [0.5, 0.6) is 0 Å². The number of amides is 1. The smallest absolute Gasteiger partial charge is 0.277 e. The fourth-order valence-electron chi connectivity index (χ4n) is 2.02. The van der Waals surface area contributed by atoms with Gasteiger partial charge >= 0.3 is 0 Å². The third-order valence-corrected chi connectivity index (χ3v) is 5.90. The molecule has 1 aliphatic rings. The maximum atomic E-state index is 11.8. The SMILES string of the molecule is CCCNC(=O)[C@@H](C)Sc1nnc([C@@H]2CCS(=O)(=O)C2)o1. The summed E-state index contributed by atoms with van der Waals surface area (Å²) in [5.74, 6) is 0.273. The Morgan fingerprint density at radius 3 is 2.90 bits per heavy atom. The molecule has 1 aromatic rings. The molecular formula is C12H19N3O4S2. The molecule has 1 aliphatic heterocycles. The van der Waals surface area contributed by atoms with Crippen molar-refractivity contribution in [2.45, 2.75) is 43.1 Å². The Kier molecular flexibility index (Phi) is 5.26. The lowest BCUT2D eigenvalue weighted by molar-refractivity contribution is -0.120. The first-order valence-electron chi connectivity index (χ1n) is 6.89. The summed E-state index contributed by atoms with van der Waals surface area (Å²) in [6.45, 7) is 4.39. The first kappa shape index (κ1) is 16.3. The molecule has 1 amide bonds. The zero-order chi connectivity index (χ0) is 15.5. The Morgan fingerprint density at radius 2 is 2.29 bits per heavy atom. The molecule has 1 fully saturated rings. The highest BCUT2D eigenvalue weighted by atomic mass is 32.2. The summed E-state index contributed by atoms with van der Waals surface area (Å²) in [5.41, 5.74) is 0. The average Bonchev–Trinajstić information content (AvgIpc) is 3.02. The molecule has 1 N–H and O–H groups in total. The van der Waals surface area contributed by atoms with Gasteiger partial charge < -0.3 is 9.73 Å². The van der Waals surface area contributed by atoms with E-state index in [-0.39, 0.29) is 28.6 Å². The highest BCUT2D eigenvalue weighted by Gasteiger charge is 2.33. The lowest BCUT2D eigenvalue weighted by Crippen LogP contribution is -2.31. The Labute approximate surface area is 128 Å². The van der Waals surface area contributed by atoms with E-state index in [4.69, 9.17) is 4.42 Å². The minimum absolute atomic E-state index is 0.0613. The molecule has 0 bridgehead atoms. The average molecular weight is 333 g/mol. The molecule has 1 saturated heterocycles. The van der Waals surface area contributed by atoms with Crippen molar-refractivity contribution in [2.75, 3.05) is 18.1 Å². The van der Waals surface area contributed by atoms with Crippen LogP contribution in [0.4, 0.5) is 0 Å². The van der Waals surface area contributed by atoms with Crippen molar-refractivity contribution in [1.29, 1.82) is 0 Å². The Morgan fingerprint density at radius 1 is 1.52 bits per heavy atom. The van der Waals surface area contributed by atoms with Gasteiger partial charge in [0.2, 0.25) is 11.8 Å². The van der Waals surface area contributed by atoms with Crippen molar-refractivity contribution in [3.8, 4) is 0 Å². The van der Waals surface area contributed by atoms with Crippen molar-refractivity contribution in [3.05, 3.63) is 5.89 Å². The molecule has 21 heavy (non-hydrogen) atoms. The van der Waals surface area contributed by atoms with Crippen LogP contribution in [0.25, 0.3) is 0 Å². The van der Waals surface area contributed by atoms with Crippen LogP contribution in [0.2, 0.25) is 0 Å². The zero-order valence-electron chi connectivity index (χ0n) is 12.0. The normalized spacial score (nSPS) is 22.1. The van der Waals surface area contributed by atoms with E-state index < -0.39 is 9.84 Å². The van der Waals surface area contributed by atoms with E-state index in [1.165, 1.54) is 11.8 Å². The fraction of sp³-hybridized carbons (Fsp3) is 0.750. The predicted octanol–water partition coefficient (Wildman–Crippen LogP) is 0.979. The number of rotatable bonds is 6. The van der Waals surface area contributed by atoms with Gasteiger partial charge in [-0.25, -0.2) is 8.42 Å². The monoisotopic (exact) mass is 333 g/mol. The number of hydrogen-bond donors (Lipinski definition) is 1. The van der Waals surface area contributed by atoms with Crippen molar-refractivity contribution in [3.63, 3.8) is 0 Å². The number of carbonyl (C=O) groups excluding carboxylic acids is 1. The molecule has 7 nitrogen and oxygen atoms in total. The van der Waals surface area contributed by atoms with Crippen molar-refractivity contribution in [2.24, 2.45) is 0 Å². The van der Waals surface area contributed by atoms with Crippen LogP contribution in [0.1, 0.15) is 38.5 Å².